The summed E-state index contributed by atoms with van der Waals surface area (Å²) >= 11 is 0. The van der Waals surface area contributed by atoms with Crippen molar-refractivity contribution >= 4 is 28.9 Å². The summed E-state index contributed by atoms with van der Waals surface area (Å²) in [5, 5.41) is 5.86. The van der Waals surface area contributed by atoms with E-state index in [0.29, 0.717) is 34.8 Å². The second kappa shape index (κ2) is 10.2. The van der Waals surface area contributed by atoms with Gasteiger partial charge in [0.2, 0.25) is 0 Å². The third-order valence-corrected chi connectivity index (χ3v) is 4.84. The zero-order valence-corrected chi connectivity index (χ0v) is 17.9. The van der Waals surface area contributed by atoms with Crippen molar-refractivity contribution in [3.8, 4) is 11.5 Å². The van der Waals surface area contributed by atoms with Gasteiger partial charge in [0.25, 0.3) is 5.91 Å². The number of carbonyl (C=O) groups is 2. The van der Waals surface area contributed by atoms with E-state index < -0.39 is 5.97 Å². The third-order valence-electron chi connectivity index (χ3n) is 4.84. The summed E-state index contributed by atoms with van der Waals surface area (Å²) in [6.07, 6.45) is 4.53. The molecule has 0 aliphatic heterocycles. The predicted octanol–water partition coefficient (Wildman–Crippen LogP) is 4.62. The summed E-state index contributed by atoms with van der Waals surface area (Å²) in [5.41, 5.74) is 3.88. The number of nitrogens with one attached hydrogen (secondary N) is 1. The van der Waals surface area contributed by atoms with Crippen molar-refractivity contribution in [1.29, 1.82) is 0 Å². The molecule has 0 radical (unpaired) electrons. The van der Waals surface area contributed by atoms with E-state index in [0.717, 1.165) is 10.8 Å². The van der Waals surface area contributed by atoms with Crippen LogP contribution in [0.5, 0.6) is 11.5 Å². The number of amides is 1. The Morgan fingerprint density at radius 1 is 0.939 bits per heavy atom. The molecule has 4 aromatic rings. The number of benzene rings is 3. The van der Waals surface area contributed by atoms with Crippen molar-refractivity contribution in [2.24, 2.45) is 5.10 Å². The molecule has 7 heteroatoms. The van der Waals surface area contributed by atoms with E-state index in [1.54, 1.807) is 42.5 Å². The van der Waals surface area contributed by atoms with E-state index in [2.05, 4.69) is 15.5 Å². The first-order valence-electron chi connectivity index (χ1n) is 10.4. The van der Waals surface area contributed by atoms with Gasteiger partial charge in [0.1, 0.15) is 11.5 Å². The van der Waals surface area contributed by atoms with Crippen molar-refractivity contribution in [1.82, 2.24) is 10.4 Å². The highest BCUT2D eigenvalue weighted by atomic mass is 16.5. The van der Waals surface area contributed by atoms with E-state index in [4.69, 9.17) is 9.47 Å². The monoisotopic (exact) mass is 439 g/mol. The molecule has 0 atom stereocenters. The fraction of sp³-hybridized carbons (Fsp3) is 0.0769. The molecule has 0 aliphatic carbocycles. The number of hydrazone groups is 1. The van der Waals surface area contributed by atoms with Crippen LogP contribution in [0.3, 0.4) is 0 Å². The average Bonchev–Trinajstić information content (AvgIpc) is 2.86. The molecule has 0 unspecified atom stereocenters. The van der Waals surface area contributed by atoms with Gasteiger partial charge in [-0.3, -0.25) is 9.78 Å². The highest BCUT2D eigenvalue weighted by Crippen LogP contribution is 2.27. The second-order valence-electron chi connectivity index (χ2n) is 6.98. The van der Waals surface area contributed by atoms with Crippen LogP contribution in [0.4, 0.5) is 0 Å². The lowest BCUT2D eigenvalue weighted by atomic mass is 10.0. The molecule has 0 aliphatic rings. The lowest BCUT2D eigenvalue weighted by Crippen LogP contribution is -2.17. The second-order valence-corrected chi connectivity index (χ2v) is 6.98. The zero-order valence-electron chi connectivity index (χ0n) is 17.9. The van der Waals surface area contributed by atoms with Crippen molar-refractivity contribution in [3.63, 3.8) is 0 Å². The number of nitrogens with zero attached hydrogens (tertiary/aromatic N) is 2. The number of carbonyl (C=O) groups excluding carboxylic acids is 2. The van der Waals surface area contributed by atoms with Crippen molar-refractivity contribution in [3.05, 3.63) is 102 Å². The van der Waals surface area contributed by atoms with Gasteiger partial charge in [0.05, 0.1) is 18.4 Å². The predicted molar refractivity (Wildman–Crippen MR) is 126 cm³/mol. The smallest absolute Gasteiger partial charge is 0.343 e. The first-order valence-corrected chi connectivity index (χ1v) is 10.4. The quantitative estimate of drug-likeness (QED) is 0.196. The third kappa shape index (κ3) is 5.22. The number of hydrogen-bond acceptors (Lipinski definition) is 6. The fourth-order valence-corrected chi connectivity index (χ4v) is 3.23. The van der Waals surface area contributed by atoms with E-state index in [-0.39, 0.29) is 5.91 Å². The number of rotatable bonds is 7. The van der Waals surface area contributed by atoms with E-state index in [1.807, 2.05) is 37.3 Å². The number of pyridine rings is 1. The molecule has 1 heterocycles. The fourth-order valence-electron chi connectivity index (χ4n) is 3.23. The summed E-state index contributed by atoms with van der Waals surface area (Å²) in [6, 6.07) is 21.1. The molecule has 0 saturated carbocycles. The van der Waals surface area contributed by atoms with Crippen LogP contribution >= 0.6 is 0 Å². The highest BCUT2D eigenvalue weighted by Gasteiger charge is 2.14. The minimum absolute atomic E-state index is 0.328. The maximum atomic E-state index is 12.8. The maximum Gasteiger partial charge on any atom is 0.343 e. The number of ether oxygens (including phenoxy) is 2. The maximum absolute atomic E-state index is 12.8. The molecular weight excluding hydrogens is 418 g/mol. The first kappa shape index (κ1) is 21.7. The van der Waals surface area contributed by atoms with Gasteiger partial charge in [0, 0.05) is 23.5 Å². The Balaban J connectivity index is 1.59. The Morgan fingerprint density at radius 3 is 2.45 bits per heavy atom. The molecule has 1 aromatic heterocycles. The molecule has 0 spiro atoms. The number of esters is 1. The van der Waals surface area contributed by atoms with Crippen LogP contribution in [0.25, 0.3) is 10.8 Å². The molecule has 7 nitrogen and oxygen atoms in total. The number of hydrogen-bond donors (Lipinski definition) is 1. The van der Waals surface area contributed by atoms with E-state index in [1.165, 1.54) is 18.6 Å². The molecule has 33 heavy (non-hydrogen) atoms. The van der Waals surface area contributed by atoms with Gasteiger partial charge in [-0.1, -0.05) is 30.3 Å². The Morgan fingerprint density at radius 2 is 1.70 bits per heavy atom. The number of fused-ring (bicyclic) bond motifs is 1. The first-order chi connectivity index (χ1) is 16.2. The number of aromatic nitrogens is 1. The largest absolute Gasteiger partial charge is 0.494 e. The summed E-state index contributed by atoms with van der Waals surface area (Å²) in [7, 11) is 0. The van der Waals surface area contributed by atoms with Crippen molar-refractivity contribution < 1.29 is 19.1 Å². The standard InChI is InChI=1S/C26H21N3O4/c1-2-32-21-10-7-20(8-11-21)26(31)33-24-12-9-18-5-3-4-6-22(18)23(24)17-28-29-25(30)19-13-15-27-16-14-19/h3-17H,2H2,1H3,(H,29,30)/b28-17+. The van der Waals surface area contributed by atoms with Crippen LogP contribution in [-0.4, -0.2) is 29.7 Å². The van der Waals surface area contributed by atoms with Crippen LogP contribution in [-0.2, 0) is 0 Å². The Kier molecular flexibility index (Phi) is 6.70. The molecule has 0 bridgehead atoms. The van der Waals surface area contributed by atoms with Crippen LogP contribution in [0, 0.1) is 0 Å². The van der Waals surface area contributed by atoms with Gasteiger partial charge in [-0.2, -0.15) is 5.10 Å². The van der Waals surface area contributed by atoms with Gasteiger partial charge in [-0.25, -0.2) is 10.2 Å². The van der Waals surface area contributed by atoms with Crippen LogP contribution < -0.4 is 14.9 Å². The normalized spacial score (nSPS) is 10.8. The molecule has 1 amide bonds. The average molecular weight is 439 g/mol. The molecule has 3 aromatic carbocycles. The van der Waals surface area contributed by atoms with Crippen LogP contribution in [0.1, 0.15) is 33.2 Å². The summed E-state index contributed by atoms with van der Waals surface area (Å²) in [4.78, 5) is 28.9. The van der Waals surface area contributed by atoms with Gasteiger partial charge < -0.3 is 9.47 Å². The SMILES string of the molecule is CCOc1ccc(C(=O)Oc2ccc3ccccc3c2/C=N/NC(=O)c2ccncc2)cc1. The minimum Gasteiger partial charge on any atom is -0.494 e. The molecule has 0 fully saturated rings. The Labute approximate surface area is 190 Å². The van der Waals surface area contributed by atoms with Gasteiger partial charge in [0.15, 0.2) is 0 Å². The van der Waals surface area contributed by atoms with E-state index in [9.17, 15) is 9.59 Å². The topological polar surface area (TPSA) is 89.9 Å². The molecule has 0 saturated heterocycles. The summed E-state index contributed by atoms with van der Waals surface area (Å²) in [6.45, 7) is 2.44. The van der Waals surface area contributed by atoms with Crippen LogP contribution in [0.15, 0.2) is 90.3 Å². The van der Waals surface area contributed by atoms with Gasteiger partial charge >= 0.3 is 5.97 Å². The molecule has 4 rings (SSSR count). The summed E-state index contributed by atoms with van der Waals surface area (Å²) in [5.74, 6) is 0.123. The molecular formula is C26H21N3O4. The minimum atomic E-state index is -0.510. The Hall–Kier alpha value is -4.52. The highest BCUT2D eigenvalue weighted by molar-refractivity contribution is 6.04. The van der Waals surface area contributed by atoms with Crippen molar-refractivity contribution in [2.75, 3.05) is 6.61 Å². The molecule has 1 N–H and O–H groups in total. The van der Waals surface area contributed by atoms with E-state index >= 15 is 0 Å². The Bertz CT molecular complexity index is 1300. The van der Waals surface area contributed by atoms with Gasteiger partial charge in [-0.05, 0) is 60.2 Å². The zero-order chi connectivity index (χ0) is 23.0. The van der Waals surface area contributed by atoms with Crippen molar-refractivity contribution in [2.45, 2.75) is 6.92 Å². The van der Waals surface area contributed by atoms with Gasteiger partial charge in [-0.15, -0.1) is 0 Å². The lowest BCUT2D eigenvalue weighted by Gasteiger charge is -2.11. The summed E-state index contributed by atoms with van der Waals surface area (Å²) < 4.78 is 11.1. The van der Waals surface area contributed by atoms with Crippen LogP contribution in [0.2, 0.25) is 0 Å². The molecule has 164 valence electrons. The lowest BCUT2D eigenvalue weighted by molar-refractivity contribution is 0.0734.